The topological polar surface area (TPSA) is 90.1 Å². The highest BCUT2D eigenvalue weighted by molar-refractivity contribution is 6.28. The molecule has 0 bridgehead atoms. The fourth-order valence-corrected chi connectivity index (χ4v) is 1.15. The van der Waals surface area contributed by atoms with Crippen LogP contribution in [-0.2, 0) is 9.53 Å². The first-order chi connectivity index (χ1) is 7.54. The van der Waals surface area contributed by atoms with E-state index in [4.69, 9.17) is 22.1 Å². The Hall–Kier alpha value is -1.56. The van der Waals surface area contributed by atoms with Gasteiger partial charge < -0.3 is 15.8 Å². The predicted molar refractivity (Wildman–Crippen MR) is 61.2 cm³/mol. The summed E-state index contributed by atoms with van der Waals surface area (Å²) < 4.78 is 4.83. The smallest absolute Gasteiger partial charge is 0.328 e. The van der Waals surface area contributed by atoms with Crippen molar-refractivity contribution in [2.75, 3.05) is 17.7 Å². The fraction of sp³-hybridized carbons (Fsp3) is 0.444. The first-order valence-electron chi connectivity index (χ1n) is 4.75. The zero-order valence-electron chi connectivity index (χ0n) is 9.03. The molecule has 0 aromatic carbocycles. The molecule has 0 spiro atoms. The summed E-state index contributed by atoms with van der Waals surface area (Å²) in [4.78, 5) is 18.9. The van der Waals surface area contributed by atoms with E-state index < -0.39 is 6.04 Å². The van der Waals surface area contributed by atoms with Crippen LogP contribution in [0.2, 0.25) is 5.28 Å². The molecule has 16 heavy (non-hydrogen) atoms. The zero-order chi connectivity index (χ0) is 12.1. The van der Waals surface area contributed by atoms with Crippen LogP contribution in [-0.4, -0.2) is 28.6 Å². The predicted octanol–water partition coefficient (Wildman–Crippen LogP) is 1.08. The van der Waals surface area contributed by atoms with Crippen molar-refractivity contribution >= 4 is 29.1 Å². The molecule has 6 nitrogen and oxygen atoms in total. The van der Waals surface area contributed by atoms with Gasteiger partial charge in [0.25, 0.3) is 0 Å². The molecule has 1 unspecified atom stereocenters. The van der Waals surface area contributed by atoms with Crippen molar-refractivity contribution in [3.05, 3.63) is 11.5 Å². The highest BCUT2D eigenvalue weighted by atomic mass is 35.5. The molecular weight excluding hydrogens is 232 g/mol. The Labute approximate surface area is 98.2 Å². The standard InChI is InChI=1S/C9H13ClN4O2/c1-3-16-8(15)5(2)13-7-6(11)4-12-9(10)14-7/h4-5H,3,11H2,1-2H3,(H,12,13,14). The maximum absolute atomic E-state index is 11.3. The number of nitrogens with one attached hydrogen (secondary N) is 1. The van der Waals surface area contributed by atoms with Crippen LogP contribution in [0.5, 0.6) is 0 Å². The Kier molecular flexibility index (Phi) is 4.30. The molecule has 0 aliphatic carbocycles. The number of nitrogens with zero attached hydrogens (tertiary/aromatic N) is 2. The number of carbonyl (C=O) groups excluding carboxylic acids is 1. The number of anilines is 2. The van der Waals surface area contributed by atoms with Crippen LogP contribution < -0.4 is 11.1 Å². The SMILES string of the molecule is CCOC(=O)C(C)Nc1nc(Cl)ncc1N. The van der Waals surface area contributed by atoms with Crippen LogP contribution in [0.4, 0.5) is 11.5 Å². The zero-order valence-corrected chi connectivity index (χ0v) is 9.78. The molecule has 0 radical (unpaired) electrons. The Balaban J connectivity index is 2.72. The van der Waals surface area contributed by atoms with Gasteiger partial charge in [-0.15, -0.1) is 0 Å². The van der Waals surface area contributed by atoms with Crippen molar-refractivity contribution in [1.82, 2.24) is 9.97 Å². The van der Waals surface area contributed by atoms with E-state index in [2.05, 4.69) is 15.3 Å². The minimum absolute atomic E-state index is 0.0627. The lowest BCUT2D eigenvalue weighted by Crippen LogP contribution is -2.29. The van der Waals surface area contributed by atoms with Crippen molar-refractivity contribution < 1.29 is 9.53 Å². The van der Waals surface area contributed by atoms with E-state index in [1.807, 2.05) is 0 Å². The van der Waals surface area contributed by atoms with E-state index in [1.165, 1.54) is 6.20 Å². The summed E-state index contributed by atoms with van der Waals surface area (Å²) in [7, 11) is 0. The number of hydrogen-bond acceptors (Lipinski definition) is 6. The molecule has 0 saturated carbocycles. The van der Waals surface area contributed by atoms with Crippen molar-refractivity contribution in [3.8, 4) is 0 Å². The Morgan fingerprint density at radius 2 is 2.44 bits per heavy atom. The lowest BCUT2D eigenvalue weighted by Gasteiger charge is -2.14. The van der Waals surface area contributed by atoms with Crippen LogP contribution >= 0.6 is 11.6 Å². The summed E-state index contributed by atoms with van der Waals surface area (Å²) in [6.45, 7) is 3.71. The van der Waals surface area contributed by atoms with Gasteiger partial charge in [-0.05, 0) is 25.4 Å². The average Bonchev–Trinajstić information content (AvgIpc) is 2.23. The maximum Gasteiger partial charge on any atom is 0.328 e. The summed E-state index contributed by atoms with van der Waals surface area (Å²) >= 11 is 5.61. The largest absolute Gasteiger partial charge is 0.464 e. The second-order valence-corrected chi connectivity index (χ2v) is 3.40. The molecule has 0 aliphatic heterocycles. The van der Waals surface area contributed by atoms with Gasteiger partial charge in [0.05, 0.1) is 18.5 Å². The van der Waals surface area contributed by atoms with Crippen molar-refractivity contribution in [2.24, 2.45) is 0 Å². The molecule has 1 rings (SSSR count). The number of esters is 1. The van der Waals surface area contributed by atoms with E-state index in [0.29, 0.717) is 18.1 Å². The fourth-order valence-electron chi connectivity index (χ4n) is 1.02. The summed E-state index contributed by atoms with van der Waals surface area (Å²) in [5.41, 5.74) is 5.93. The van der Waals surface area contributed by atoms with Crippen LogP contribution in [0.25, 0.3) is 0 Å². The molecule has 0 amide bonds. The van der Waals surface area contributed by atoms with E-state index in [-0.39, 0.29) is 11.3 Å². The average molecular weight is 245 g/mol. The Bertz CT molecular complexity index is 386. The molecule has 1 aromatic heterocycles. The van der Waals surface area contributed by atoms with Crippen molar-refractivity contribution in [3.63, 3.8) is 0 Å². The van der Waals surface area contributed by atoms with Crippen LogP contribution in [0.3, 0.4) is 0 Å². The molecule has 1 aromatic rings. The molecule has 1 atom stereocenters. The third-order valence-corrected chi connectivity index (χ3v) is 1.96. The van der Waals surface area contributed by atoms with Crippen molar-refractivity contribution in [1.29, 1.82) is 0 Å². The van der Waals surface area contributed by atoms with Gasteiger partial charge in [-0.1, -0.05) is 0 Å². The van der Waals surface area contributed by atoms with Crippen LogP contribution in [0, 0.1) is 0 Å². The van der Waals surface area contributed by atoms with Gasteiger partial charge in [-0.2, -0.15) is 4.98 Å². The quantitative estimate of drug-likeness (QED) is 0.608. The van der Waals surface area contributed by atoms with Gasteiger partial charge in [0.15, 0.2) is 5.82 Å². The van der Waals surface area contributed by atoms with Gasteiger partial charge >= 0.3 is 5.97 Å². The van der Waals surface area contributed by atoms with Gasteiger partial charge in [0.1, 0.15) is 6.04 Å². The van der Waals surface area contributed by atoms with E-state index in [9.17, 15) is 4.79 Å². The second kappa shape index (κ2) is 5.50. The molecule has 0 fully saturated rings. The summed E-state index contributed by atoms with van der Waals surface area (Å²) in [6.07, 6.45) is 1.37. The number of aromatic nitrogens is 2. The second-order valence-electron chi connectivity index (χ2n) is 3.06. The maximum atomic E-state index is 11.3. The van der Waals surface area contributed by atoms with E-state index in [1.54, 1.807) is 13.8 Å². The number of rotatable bonds is 4. The molecule has 3 N–H and O–H groups in total. The van der Waals surface area contributed by atoms with Gasteiger partial charge in [-0.25, -0.2) is 9.78 Å². The number of ether oxygens (including phenoxy) is 1. The van der Waals surface area contributed by atoms with Crippen LogP contribution in [0.1, 0.15) is 13.8 Å². The van der Waals surface area contributed by atoms with E-state index >= 15 is 0 Å². The highest BCUT2D eigenvalue weighted by Crippen LogP contribution is 2.16. The number of nitrogens with two attached hydrogens (primary N) is 1. The lowest BCUT2D eigenvalue weighted by molar-refractivity contribution is -0.143. The van der Waals surface area contributed by atoms with Gasteiger partial charge in [-0.3, -0.25) is 0 Å². The number of nitrogen functional groups attached to an aromatic ring is 1. The normalized spacial score (nSPS) is 11.9. The molecule has 1 heterocycles. The molecule has 0 saturated heterocycles. The summed E-state index contributed by atoms with van der Waals surface area (Å²) in [6, 6.07) is -0.548. The molecule has 0 aliphatic rings. The minimum atomic E-state index is -0.548. The Morgan fingerprint density at radius 3 is 3.06 bits per heavy atom. The number of hydrogen-bond donors (Lipinski definition) is 2. The molecule has 88 valence electrons. The highest BCUT2D eigenvalue weighted by Gasteiger charge is 2.15. The lowest BCUT2D eigenvalue weighted by atomic mass is 10.3. The summed E-state index contributed by atoms with van der Waals surface area (Å²) in [5.74, 6) is -0.0582. The third-order valence-electron chi connectivity index (χ3n) is 1.78. The number of carbonyl (C=O) groups is 1. The monoisotopic (exact) mass is 244 g/mol. The minimum Gasteiger partial charge on any atom is -0.464 e. The first-order valence-corrected chi connectivity index (χ1v) is 5.13. The third kappa shape index (κ3) is 3.23. The van der Waals surface area contributed by atoms with Gasteiger partial charge in [0, 0.05) is 0 Å². The Morgan fingerprint density at radius 1 is 1.75 bits per heavy atom. The van der Waals surface area contributed by atoms with Crippen LogP contribution in [0.15, 0.2) is 6.20 Å². The molecule has 7 heteroatoms. The molecular formula is C9H13ClN4O2. The number of halogens is 1. The first kappa shape index (κ1) is 12.5. The summed E-state index contributed by atoms with van der Waals surface area (Å²) in [5, 5.41) is 2.86. The van der Waals surface area contributed by atoms with Gasteiger partial charge in [0.2, 0.25) is 5.28 Å². The van der Waals surface area contributed by atoms with E-state index in [0.717, 1.165) is 0 Å². The van der Waals surface area contributed by atoms with Crippen molar-refractivity contribution in [2.45, 2.75) is 19.9 Å².